The molecule has 0 saturated carbocycles. The predicted molar refractivity (Wildman–Crippen MR) is 100 cm³/mol. The molecule has 26 heavy (non-hydrogen) atoms. The van der Waals surface area contributed by atoms with Crippen molar-refractivity contribution in [2.24, 2.45) is 0 Å². The number of sulfonamides is 1. The lowest BCUT2D eigenvalue weighted by Gasteiger charge is -2.15. The average molecular weight is 399 g/mol. The number of methoxy groups -OCH3 is 2. The number of amides is 1. The van der Waals surface area contributed by atoms with Crippen molar-refractivity contribution in [1.82, 2.24) is 10.0 Å². The molecule has 2 N–H and O–H groups in total. The van der Waals surface area contributed by atoms with Crippen molar-refractivity contribution in [3.05, 3.63) is 46.2 Å². The van der Waals surface area contributed by atoms with Crippen LogP contribution < -0.4 is 14.8 Å². The molecule has 0 bridgehead atoms. The zero-order valence-electron chi connectivity index (χ0n) is 14.8. The molecule has 7 nitrogen and oxygen atoms in total. The van der Waals surface area contributed by atoms with E-state index in [-0.39, 0.29) is 41.3 Å². The monoisotopic (exact) mass is 398 g/mol. The van der Waals surface area contributed by atoms with Crippen LogP contribution in [0.25, 0.3) is 0 Å². The number of rotatable bonds is 9. The first-order chi connectivity index (χ1) is 12.4. The number of hydrogen-bond donors (Lipinski definition) is 2. The molecule has 1 atom stereocenters. The molecule has 0 unspecified atom stereocenters. The van der Waals surface area contributed by atoms with Crippen LogP contribution in [0.3, 0.4) is 0 Å². The number of ether oxygens (including phenoxy) is 2. The van der Waals surface area contributed by atoms with Crippen LogP contribution in [0, 0.1) is 0 Å². The minimum absolute atomic E-state index is 0.0903. The van der Waals surface area contributed by atoms with Crippen molar-refractivity contribution in [2.45, 2.75) is 17.9 Å². The zero-order valence-corrected chi connectivity index (χ0v) is 16.4. The average Bonchev–Trinajstić information content (AvgIpc) is 3.16. The molecular formula is C17H22N2O5S2. The molecule has 1 aromatic heterocycles. The first-order valence-corrected chi connectivity index (χ1v) is 10.3. The lowest BCUT2D eigenvalue weighted by Crippen LogP contribution is -2.29. The van der Waals surface area contributed by atoms with E-state index in [1.165, 1.54) is 32.4 Å². The van der Waals surface area contributed by atoms with Crippen molar-refractivity contribution in [3.8, 4) is 5.75 Å². The summed E-state index contributed by atoms with van der Waals surface area (Å²) in [5.74, 6) is -0.195. The largest absolute Gasteiger partial charge is 0.495 e. The van der Waals surface area contributed by atoms with Gasteiger partial charge in [-0.05, 0) is 36.6 Å². The van der Waals surface area contributed by atoms with Crippen molar-refractivity contribution >= 4 is 27.3 Å². The SMILES string of the molecule is COCCNS(=O)(=O)c1cc(C(=O)N[C@H](C)c2cccs2)ccc1OC. The van der Waals surface area contributed by atoms with Gasteiger partial charge in [-0.25, -0.2) is 13.1 Å². The van der Waals surface area contributed by atoms with E-state index in [1.54, 1.807) is 11.3 Å². The fraction of sp³-hybridized carbons (Fsp3) is 0.353. The summed E-state index contributed by atoms with van der Waals surface area (Å²) in [4.78, 5) is 13.4. The fourth-order valence-corrected chi connectivity index (χ4v) is 4.21. The Kier molecular flexibility index (Phi) is 7.15. The Morgan fingerprint density at radius 3 is 2.65 bits per heavy atom. The Hall–Kier alpha value is -1.94. The molecule has 0 radical (unpaired) electrons. The molecule has 0 aliphatic rings. The third-order valence-electron chi connectivity index (χ3n) is 3.63. The van der Waals surface area contributed by atoms with E-state index in [2.05, 4.69) is 10.0 Å². The van der Waals surface area contributed by atoms with Gasteiger partial charge in [-0.2, -0.15) is 0 Å². The zero-order chi connectivity index (χ0) is 19.2. The van der Waals surface area contributed by atoms with Gasteiger partial charge in [0.05, 0.1) is 19.8 Å². The van der Waals surface area contributed by atoms with Crippen LogP contribution in [0.4, 0.5) is 0 Å². The minimum Gasteiger partial charge on any atom is -0.495 e. The lowest BCUT2D eigenvalue weighted by atomic mass is 10.2. The Morgan fingerprint density at radius 1 is 1.27 bits per heavy atom. The van der Waals surface area contributed by atoms with Crippen LogP contribution in [0.2, 0.25) is 0 Å². The molecular weight excluding hydrogens is 376 g/mol. The quantitative estimate of drug-likeness (QED) is 0.632. The van der Waals surface area contributed by atoms with Crippen LogP contribution in [0.15, 0.2) is 40.6 Å². The van der Waals surface area contributed by atoms with Gasteiger partial charge in [-0.1, -0.05) is 6.07 Å². The molecule has 9 heteroatoms. The number of benzene rings is 1. The second-order valence-electron chi connectivity index (χ2n) is 5.47. The highest BCUT2D eigenvalue weighted by Crippen LogP contribution is 2.25. The summed E-state index contributed by atoms with van der Waals surface area (Å²) in [6, 6.07) is 7.97. The second-order valence-corrected chi connectivity index (χ2v) is 8.18. The topological polar surface area (TPSA) is 93.7 Å². The maximum absolute atomic E-state index is 12.5. The highest BCUT2D eigenvalue weighted by molar-refractivity contribution is 7.89. The van der Waals surface area contributed by atoms with Gasteiger partial charge in [-0.3, -0.25) is 4.79 Å². The molecule has 0 fully saturated rings. The maximum atomic E-state index is 12.5. The molecule has 0 saturated heterocycles. The fourth-order valence-electron chi connectivity index (χ4n) is 2.27. The predicted octanol–water partition coefficient (Wildman–Crippen LogP) is 2.17. The number of hydrogen-bond acceptors (Lipinski definition) is 6. The van der Waals surface area contributed by atoms with Gasteiger partial charge < -0.3 is 14.8 Å². The van der Waals surface area contributed by atoms with Crippen LogP contribution in [-0.4, -0.2) is 41.7 Å². The van der Waals surface area contributed by atoms with Gasteiger partial charge in [0.25, 0.3) is 5.91 Å². The molecule has 2 rings (SSSR count). The minimum atomic E-state index is -3.84. The third-order valence-corrected chi connectivity index (χ3v) is 6.17. The number of nitrogens with one attached hydrogen (secondary N) is 2. The number of carbonyl (C=O) groups is 1. The Morgan fingerprint density at radius 2 is 2.04 bits per heavy atom. The van der Waals surface area contributed by atoms with E-state index in [4.69, 9.17) is 9.47 Å². The second kappa shape index (κ2) is 9.13. The first-order valence-electron chi connectivity index (χ1n) is 7.90. The molecule has 0 aliphatic heterocycles. The van der Waals surface area contributed by atoms with Crippen LogP contribution in [-0.2, 0) is 14.8 Å². The third kappa shape index (κ3) is 5.04. The molecule has 2 aromatic rings. The Bertz CT molecular complexity index is 835. The highest BCUT2D eigenvalue weighted by atomic mass is 32.2. The summed E-state index contributed by atoms with van der Waals surface area (Å²) in [6.45, 7) is 2.23. The first kappa shape index (κ1) is 20.4. The molecule has 1 amide bonds. The smallest absolute Gasteiger partial charge is 0.251 e. The van der Waals surface area contributed by atoms with E-state index >= 15 is 0 Å². The van der Waals surface area contributed by atoms with Gasteiger partial charge in [0.1, 0.15) is 10.6 Å². The van der Waals surface area contributed by atoms with Gasteiger partial charge in [0.15, 0.2) is 0 Å². The van der Waals surface area contributed by atoms with Crippen molar-refractivity contribution in [2.75, 3.05) is 27.4 Å². The molecule has 1 aromatic carbocycles. The van der Waals surface area contributed by atoms with Gasteiger partial charge >= 0.3 is 0 Å². The van der Waals surface area contributed by atoms with Gasteiger partial charge in [-0.15, -0.1) is 11.3 Å². The van der Waals surface area contributed by atoms with E-state index in [0.717, 1.165) is 4.88 Å². The van der Waals surface area contributed by atoms with Crippen LogP contribution in [0.5, 0.6) is 5.75 Å². The van der Waals surface area contributed by atoms with Crippen molar-refractivity contribution in [3.63, 3.8) is 0 Å². The van der Waals surface area contributed by atoms with Gasteiger partial charge in [0, 0.05) is 24.1 Å². The summed E-state index contributed by atoms with van der Waals surface area (Å²) in [5.41, 5.74) is 0.237. The van der Waals surface area contributed by atoms with E-state index < -0.39 is 10.0 Å². The van der Waals surface area contributed by atoms with Crippen LogP contribution in [0.1, 0.15) is 28.2 Å². The standard InChI is InChI=1S/C17H22N2O5S2/c1-12(15-5-4-10-25-15)19-17(20)13-6-7-14(24-3)16(11-13)26(21,22)18-8-9-23-2/h4-7,10-12,18H,8-9H2,1-3H3,(H,19,20)/t12-/m1/s1. The van der Waals surface area contributed by atoms with Crippen molar-refractivity contribution in [1.29, 1.82) is 0 Å². The van der Waals surface area contributed by atoms with E-state index in [9.17, 15) is 13.2 Å². The highest BCUT2D eigenvalue weighted by Gasteiger charge is 2.22. The molecule has 142 valence electrons. The molecule has 1 heterocycles. The molecule has 0 spiro atoms. The summed E-state index contributed by atoms with van der Waals surface area (Å²) in [5, 5.41) is 4.79. The summed E-state index contributed by atoms with van der Waals surface area (Å²) < 4.78 is 37.4. The number of thiophene rings is 1. The summed E-state index contributed by atoms with van der Waals surface area (Å²) in [6.07, 6.45) is 0. The molecule has 0 aliphatic carbocycles. The van der Waals surface area contributed by atoms with Crippen LogP contribution >= 0.6 is 11.3 Å². The number of carbonyl (C=O) groups excluding carboxylic acids is 1. The van der Waals surface area contributed by atoms with Crippen molar-refractivity contribution < 1.29 is 22.7 Å². The summed E-state index contributed by atoms with van der Waals surface area (Å²) in [7, 11) is -0.978. The van der Waals surface area contributed by atoms with E-state index in [1.807, 2.05) is 24.4 Å². The summed E-state index contributed by atoms with van der Waals surface area (Å²) >= 11 is 1.54. The van der Waals surface area contributed by atoms with E-state index in [0.29, 0.717) is 0 Å². The maximum Gasteiger partial charge on any atom is 0.251 e. The lowest BCUT2D eigenvalue weighted by molar-refractivity contribution is 0.0940. The Labute approximate surface area is 157 Å². The Balaban J connectivity index is 2.24. The normalized spacial score (nSPS) is 12.6. The van der Waals surface area contributed by atoms with Gasteiger partial charge in [0.2, 0.25) is 10.0 Å².